The second kappa shape index (κ2) is 6.44. The summed E-state index contributed by atoms with van der Waals surface area (Å²) in [5.74, 6) is 0.433. The number of hydrogen-bond donors (Lipinski definition) is 2. The van der Waals surface area contributed by atoms with Gasteiger partial charge in [0.2, 0.25) is 0 Å². The average molecular weight is 295 g/mol. The Hall–Kier alpha value is -1.99. The minimum atomic E-state index is -0.0991. The molecule has 0 bridgehead atoms. The summed E-state index contributed by atoms with van der Waals surface area (Å²) in [5, 5.41) is 17.1. The monoisotopic (exact) mass is 294 g/mol. The highest BCUT2D eigenvalue weighted by atomic mass is 35.5. The fourth-order valence-electron chi connectivity index (χ4n) is 1.96. The lowest BCUT2D eigenvalue weighted by atomic mass is 10.0. The van der Waals surface area contributed by atoms with Gasteiger partial charge in [0, 0.05) is 25.6 Å². The van der Waals surface area contributed by atoms with Crippen molar-refractivity contribution in [1.82, 2.24) is 30.8 Å². The molecule has 1 aliphatic rings. The van der Waals surface area contributed by atoms with Crippen LogP contribution in [0.5, 0.6) is 0 Å². The molecule has 0 aliphatic carbocycles. The molecule has 1 saturated heterocycles. The maximum absolute atomic E-state index is 12.2. The van der Waals surface area contributed by atoms with Crippen molar-refractivity contribution in [2.24, 2.45) is 5.92 Å². The number of benzene rings is 1. The predicted octanol–water partition coefficient (Wildman–Crippen LogP) is 0.0333. The van der Waals surface area contributed by atoms with E-state index in [4.69, 9.17) is 0 Å². The number of nitrogens with zero attached hydrogens (tertiary/aromatic N) is 4. The van der Waals surface area contributed by atoms with Gasteiger partial charge in [-0.1, -0.05) is 12.1 Å². The van der Waals surface area contributed by atoms with Gasteiger partial charge in [0.25, 0.3) is 5.91 Å². The summed E-state index contributed by atoms with van der Waals surface area (Å²) in [6, 6.07) is 7.26. The van der Waals surface area contributed by atoms with Gasteiger partial charge in [-0.3, -0.25) is 4.79 Å². The Morgan fingerprint density at radius 1 is 1.40 bits per heavy atom. The molecular weight excluding hydrogens is 280 g/mol. The molecule has 8 heteroatoms. The smallest absolute Gasteiger partial charge is 0.253 e. The third kappa shape index (κ3) is 2.94. The van der Waals surface area contributed by atoms with E-state index in [0.717, 1.165) is 13.1 Å². The van der Waals surface area contributed by atoms with Crippen molar-refractivity contribution in [2.75, 3.05) is 19.6 Å². The van der Waals surface area contributed by atoms with Crippen molar-refractivity contribution < 1.29 is 4.79 Å². The van der Waals surface area contributed by atoms with Crippen molar-refractivity contribution in [2.45, 2.75) is 0 Å². The number of hydrogen-bond acceptors (Lipinski definition) is 5. The van der Waals surface area contributed by atoms with Crippen LogP contribution in [0.3, 0.4) is 0 Å². The molecule has 1 aromatic heterocycles. The average Bonchev–Trinajstić information content (AvgIpc) is 2.90. The SMILES string of the molecule is Cl.O=C(NCC1CNC1)c1ccccc1-n1cnnn1. The number of nitrogens with one attached hydrogen (secondary N) is 2. The molecule has 1 amide bonds. The number of tetrazole rings is 1. The summed E-state index contributed by atoms with van der Waals surface area (Å²) >= 11 is 0. The predicted molar refractivity (Wildman–Crippen MR) is 75.1 cm³/mol. The third-order valence-corrected chi connectivity index (χ3v) is 3.16. The van der Waals surface area contributed by atoms with E-state index in [1.165, 1.54) is 11.0 Å². The molecule has 20 heavy (non-hydrogen) atoms. The lowest BCUT2D eigenvalue weighted by Gasteiger charge is -2.27. The molecule has 2 N–H and O–H groups in total. The normalized spacial score (nSPS) is 14.2. The fourth-order valence-corrected chi connectivity index (χ4v) is 1.96. The molecular formula is C12H15ClN6O. The lowest BCUT2D eigenvalue weighted by molar-refractivity contribution is 0.0942. The van der Waals surface area contributed by atoms with E-state index in [0.29, 0.717) is 23.7 Å². The Labute approximate surface area is 122 Å². The Morgan fingerprint density at radius 3 is 2.85 bits per heavy atom. The van der Waals surface area contributed by atoms with Crippen molar-refractivity contribution in [3.05, 3.63) is 36.2 Å². The van der Waals surface area contributed by atoms with Crippen LogP contribution < -0.4 is 10.6 Å². The Balaban J connectivity index is 0.00000147. The zero-order chi connectivity index (χ0) is 13.1. The van der Waals surface area contributed by atoms with Gasteiger partial charge < -0.3 is 10.6 Å². The minimum absolute atomic E-state index is 0. The van der Waals surface area contributed by atoms with E-state index < -0.39 is 0 Å². The van der Waals surface area contributed by atoms with Crippen LogP contribution in [-0.4, -0.2) is 45.7 Å². The number of halogens is 1. The summed E-state index contributed by atoms with van der Waals surface area (Å²) in [6.07, 6.45) is 1.47. The van der Waals surface area contributed by atoms with Gasteiger partial charge in [0.15, 0.2) is 0 Å². The number of carbonyl (C=O) groups excluding carboxylic acids is 1. The van der Waals surface area contributed by atoms with Crippen molar-refractivity contribution in [3.8, 4) is 5.69 Å². The molecule has 1 fully saturated rings. The van der Waals surface area contributed by atoms with Crippen LogP contribution in [0.15, 0.2) is 30.6 Å². The van der Waals surface area contributed by atoms with E-state index in [2.05, 4.69) is 26.2 Å². The van der Waals surface area contributed by atoms with Crippen molar-refractivity contribution in [3.63, 3.8) is 0 Å². The van der Waals surface area contributed by atoms with Crippen LogP contribution in [0.2, 0.25) is 0 Å². The number of para-hydroxylation sites is 1. The first-order valence-corrected chi connectivity index (χ1v) is 6.16. The standard InChI is InChI=1S/C12H14N6O.ClH/c19-12(14-7-9-5-13-6-9)10-3-1-2-4-11(10)18-8-15-16-17-18;/h1-4,8-9,13H,5-7H2,(H,14,19);1H. The van der Waals surface area contributed by atoms with Gasteiger partial charge in [0.05, 0.1) is 11.3 Å². The van der Waals surface area contributed by atoms with Crippen LogP contribution in [0.4, 0.5) is 0 Å². The first-order valence-electron chi connectivity index (χ1n) is 6.16. The Morgan fingerprint density at radius 2 is 2.20 bits per heavy atom. The number of aromatic nitrogens is 4. The molecule has 0 spiro atoms. The van der Waals surface area contributed by atoms with E-state index in [9.17, 15) is 4.79 Å². The van der Waals surface area contributed by atoms with E-state index in [1.54, 1.807) is 6.07 Å². The molecule has 0 atom stereocenters. The maximum atomic E-state index is 12.2. The van der Waals surface area contributed by atoms with Crippen molar-refractivity contribution in [1.29, 1.82) is 0 Å². The second-order valence-electron chi connectivity index (χ2n) is 4.51. The highest BCUT2D eigenvalue weighted by molar-refractivity contribution is 5.97. The summed E-state index contributed by atoms with van der Waals surface area (Å²) in [4.78, 5) is 12.2. The van der Waals surface area contributed by atoms with Crippen LogP contribution in [0, 0.1) is 5.92 Å². The van der Waals surface area contributed by atoms with Crippen molar-refractivity contribution >= 4 is 18.3 Å². The molecule has 7 nitrogen and oxygen atoms in total. The first-order chi connectivity index (χ1) is 9.34. The van der Waals surface area contributed by atoms with E-state index >= 15 is 0 Å². The van der Waals surface area contributed by atoms with Gasteiger partial charge in [-0.25, -0.2) is 0 Å². The molecule has 2 heterocycles. The molecule has 2 aromatic rings. The van der Waals surface area contributed by atoms with Gasteiger partial charge in [-0.2, -0.15) is 4.68 Å². The molecule has 1 aliphatic heterocycles. The highest BCUT2D eigenvalue weighted by Gasteiger charge is 2.19. The molecule has 0 radical (unpaired) electrons. The molecule has 106 valence electrons. The van der Waals surface area contributed by atoms with Crippen LogP contribution in [0.1, 0.15) is 10.4 Å². The minimum Gasteiger partial charge on any atom is -0.352 e. The van der Waals surface area contributed by atoms with Gasteiger partial charge in [0.1, 0.15) is 6.33 Å². The number of amides is 1. The number of carbonyl (C=O) groups is 1. The Bertz CT molecular complexity index is 569. The number of rotatable bonds is 4. The first kappa shape index (κ1) is 14.4. The maximum Gasteiger partial charge on any atom is 0.253 e. The fraction of sp³-hybridized carbons (Fsp3) is 0.333. The largest absolute Gasteiger partial charge is 0.352 e. The molecule has 1 aromatic carbocycles. The summed E-state index contributed by atoms with van der Waals surface area (Å²) in [5.41, 5.74) is 1.25. The zero-order valence-corrected chi connectivity index (χ0v) is 11.5. The summed E-state index contributed by atoms with van der Waals surface area (Å²) in [6.45, 7) is 2.62. The molecule has 0 saturated carbocycles. The van der Waals surface area contributed by atoms with E-state index in [-0.39, 0.29) is 18.3 Å². The zero-order valence-electron chi connectivity index (χ0n) is 10.7. The lowest BCUT2D eigenvalue weighted by Crippen LogP contribution is -2.48. The summed E-state index contributed by atoms with van der Waals surface area (Å²) in [7, 11) is 0. The van der Waals surface area contributed by atoms with Gasteiger partial charge >= 0.3 is 0 Å². The molecule has 0 unspecified atom stereocenters. The van der Waals surface area contributed by atoms with Crippen LogP contribution in [0.25, 0.3) is 5.69 Å². The van der Waals surface area contributed by atoms with Crippen LogP contribution in [-0.2, 0) is 0 Å². The van der Waals surface area contributed by atoms with Gasteiger partial charge in [-0.15, -0.1) is 17.5 Å². The van der Waals surface area contributed by atoms with Crippen LogP contribution >= 0.6 is 12.4 Å². The topological polar surface area (TPSA) is 84.7 Å². The summed E-state index contributed by atoms with van der Waals surface area (Å²) < 4.78 is 1.49. The third-order valence-electron chi connectivity index (χ3n) is 3.16. The highest BCUT2D eigenvalue weighted by Crippen LogP contribution is 2.12. The molecule has 3 rings (SSSR count). The second-order valence-corrected chi connectivity index (χ2v) is 4.51. The Kier molecular flexibility index (Phi) is 4.65. The quantitative estimate of drug-likeness (QED) is 0.831. The van der Waals surface area contributed by atoms with E-state index in [1.807, 2.05) is 18.2 Å². The van der Waals surface area contributed by atoms with Gasteiger partial charge in [-0.05, 0) is 22.6 Å².